The van der Waals surface area contributed by atoms with Gasteiger partial charge in [0.15, 0.2) is 0 Å². The van der Waals surface area contributed by atoms with Crippen molar-refractivity contribution < 1.29 is 14.7 Å². The van der Waals surface area contributed by atoms with E-state index < -0.39 is 11.4 Å². The van der Waals surface area contributed by atoms with E-state index in [2.05, 4.69) is 0 Å². The summed E-state index contributed by atoms with van der Waals surface area (Å²) in [5, 5.41) is 18.6. The van der Waals surface area contributed by atoms with E-state index in [9.17, 15) is 14.7 Å². The van der Waals surface area contributed by atoms with Crippen molar-refractivity contribution >= 4 is 11.8 Å². The number of hydrogen-bond acceptors (Lipinski definition) is 3. The molecular formula is C14H13NO3. The number of ketones is 1. The van der Waals surface area contributed by atoms with Crippen LogP contribution in [0.1, 0.15) is 36.8 Å². The minimum absolute atomic E-state index is 0.0984. The van der Waals surface area contributed by atoms with E-state index in [1.165, 1.54) is 0 Å². The lowest BCUT2D eigenvalue weighted by Gasteiger charge is -2.33. The zero-order chi connectivity index (χ0) is 13.2. The maximum atomic E-state index is 11.6. The molecule has 2 rings (SSSR count). The molecule has 1 aliphatic carbocycles. The fourth-order valence-corrected chi connectivity index (χ4v) is 2.55. The highest BCUT2D eigenvalue weighted by atomic mass is 16.4. The van der Waals surface area contributed by atoms with E-state index in [0.29, 0.717) is 11.1 Å². The standard InChI is InChI=1S/C14H13NO3/c15-9-10-3-1-2-4-12(10)14(13(17)18)7-5-11(16)6-8-14/h1-4H,5-8H2,(H,17,18). The summed E-state index contributed by atoms with van der Waals surface area (Å²) in [6.45, 7) is 0. The van der Waals surface area contributed by atoms with Gasteiger partial charge in [-0.3, -0.25) is 9.59 Å². The number of benzene rings is 1. The first kappa shape index (κ1) is 12.3. The van der Waals surface area contributed by atoms with E-state index in [1.807, 2.05) is 6.07 Å². The van der Waals surface area contributed by atoms with E-state index in [1.54, 1.807) is 24.3 Å². The summed E-state index contributed by atoms with van der Waals surface area (Å²) in [6.07, 6.45) is 1.10. The van der Waals surface area contributed by atoms with E-state index >= 15 is 0 Å². The number of carboxylic acid groups (broad SMARTS) is 1. The van der Waals surface area contributed by atoms with Gasteiger partial charge in [0.05, 0.1) is 17.0 Å². The van der Waals surface area contributed by atoms with Gasteiger partial charge in [0, 0.05) is 12.8 Å². The topological polar surface area (TPSA) is 78.2 Å². The molecule has 1 aliphatic rings. The molecule has 1 aromatic rings. The molecule has 1 fully saturated rings. The second kappa shape index (κ2) is 4.61. The van der Waals surface area contributed by atoms with Crippen LogP contribution in [0, 0.1) is 11.3 Å². The van der Waals surface area contributed by atoms with Crippen LogP contribution in [-0.4, -0.2) is 16.9 Å². The highest BCUT2D eigenvalue weighted by molar-refractivity contribution is 5.88. The Morgan fingerprint density at radius 2 is 1.89 bits per heavy atom. The molecule has 0 bridgehead atoms. The van der Waals surface area contributed by atoms with Crippen molar-refractivity contribution in [3.8, 4) is 6.07 Å². The number of carbonyl (C=O) groups excluding carboxylic acids is 1. The number of aliphatic carboxylic acids is 1. The quantitative estimate of drug-likeness (QED) is 0.861. The molecule has 0 aromatic heterocycles. The molecule has 0 spiro atoms. The Bertz CT molecular complexity index is 532. The molecule has 0 unspecified atom stereocenters. The van der Waals surface area contributed by atoms with Crippen molar-refractivity contribution in [2.45, 2.75) is 31.1 Å². The monoisotopic (exact) mass is 243 g/mol. The summed E-state index contributed by atoms with van der Waals surface area (Å²) in [7, 11) is 0. The van der Waals surface area contributed by atoms with Gasteiger partial charge in [0.1, 0.15) is 5.78 Å². The predicted octanol–water partition coefficient (Wildman–Crippen LogP) is 2.02. The van der Waals surface area contributed by atoms with Gasteiger partial charge in [-0.2, -0.15) is 5.26 Å². The highest BCUT2D eigenvalue weighted by Crippen LogP contribution is 2.40. The van der Waals surface area contributed by atoms with Gasteiger partial charge in [-0.15, -0.1) is 0 Å². The Kier molecular flexibility index (Phi) is 3.15. The third kappa shape index (κ3) is 1.88. The van der Waals surface area contributed by atoms with Gasteiger partial charge in [-0.05, 0) is 24.5 Å². The molecule has 18 heavy (non-hydrogen) atoms. The third-order valence-corrected chi connectivity index (χ3v) is 3.63. The number of Topliss-reactive ketones (excluding diaryl/α,β-unsaturated/α-hetero) is 1. The molecule has 0 saturated heterocycles. The number of carboxylic acids is 1. The van der Waals surface area contributed by atoms with Crippen LogP contribution in [0.15, 0.2) is 24.3 Å². The van der Waals surface area contributed by atoms with Crippen LogP contribution in [0.25, 0.3) is 0 Å². The Hall–Kier alpha value is -2.15. The first-order chi connectivity index (χ1) is 8.60. The normalized spacial score (nSPS) is 18.1. The molecule has 0 atom stereocenters. The highest BCUT2D eigenvalue weighted by Gasteiger charge is 2.44. The Morgan fingerprint density at radius 1 is 1.28 bits per heavy atom. The molecule has 0 aliphatic heterocycles. The molecule has 0 radical (unpaired) electrons. The SMILES string of the molecule is N#Cc1ccccc1C1(C(=O)O)CCC(=O)CC1. The van der Waals surface area contributed by atoms with Gasteiger partial charge in [-0.25, -0.2) is 0 Å². The molecule has 92 valence electrons. The molecule has 4 nitrogen and oxygen atoms in total. The van der Waals surface area contributed by atoms with Crippen molar-refractivity contribution in [2.75, 3.05) is 0 Å². The minimum atomic E-state index is -1.08. The van der Waals surface area contributed by atoms with Crippen molar-refractivity contribution in [1.82, 2.24) is 0 Å². The van der Waals surface area contributed by atoms with Crippen LogP contribution in [0.5, 0.6) is 0 Å². The summed E-state index contributed by atoms with van der Waals surface area (Å²) in [5.41, 5.74) is -0.165. The van der Waals surface area contributed by atoms with Gasteiger partial charge in [0.25, 0.3) is 0 Å². The second-order valence-corrected chi connectivity index (χ2v) is 4.58. The maximum absolute atomic E-state index is 11.6. The maximum Gasteiger partial charge on any atom is 0.314 e. The van der Waals surface area contributed by atoms with E-state index in [4.69, 9.17) is 5.26 Å². The summed E-state index contributed by atoms with van der Waals surface area (Å²) >= 11 is 0. The van der Waals surface area contributed by atoms with Crippen LogP contribution >= 0.6 is 0 Å². The summed E-state index contributed by atoms with van der Waals surface area (Å²) in [5.74, 6) is -0.848. The largest absolute Gasteiger partial charge is 0.481 e. The summed E-state index contributed by atoms with van der Waals surface area (Å²) < 4.78 is 0. The molecule has 1 N–H and O–H groups in total. The minimum Gasteiger partial charge on any atom is -0.481 e. The van der Waals surface area contributed by atoms with Crippen LogP contribution in [0.3, 0.4) is 0 Å². The molecule has 4 heteroatoms. The zero-order valence-electron chi connectivity index (χ0n) is 9.85. The average Bonchev–Trinajstić information content (AvgIpc) is 2.39. The lowest BCUT2D eigenvalue weighted by Crippen LogP contribution is -2.40. The Balaban J connectivity index is 2.52. The van der Waals surface area contributed by atoms with Crippen molar-refractivity contribution in [3.05, 3.63) is 35.4 Å². The Labute approximate surface area is 105 Å². The third-order valence-electron chi connectivity index (χ3n) is 3.63. The fourth-order valence-electron chi connectivity index (χ4n) is 2.55. The Morgan fingerprint density at radius 3 is 2.44 bits per heavy atom. The first-order valence-electron chi connectivity index (χ1n) is 5.85. The van der Waals surface area contributed by atoms with Crippen molar-refractivity contribution in [1.29, 1.82) is 5.26 Å². The van der Waals surface area contributed by atoms with Crippen molar-refractivity contribution in [2.24, 2.45) is 0 Å². The van der Waals surface area contributed by atoms with Crippen molar-refractivity contribution in [3.63, 3.8) is 0 Å². The molecule has 0 amide bonds. The lowest BCUT2D eigenvalue weighted by atomic mass is 9.68. The van der Waals surface area contributed by atoms with Crippen LogP contribution in [0.4, 0.5) is 0 Å². The molecule has 1 saturated carbocycles. The average molecular weight is 243 g/mol. The number of carbonyl (C=O) groups is 2. The van der Waals surface area contributed by atoms with Crippen LogP contribution in [-0.2, 0) is 15.0 Å². The van der Waals surface area contributed by atoms with Gasteiger partial charge in [-0.1, -0.05) is 18.2 Å². The van der Waals surface area contributed by atoms with Crippen LogP contribution < -0.4 is 0 Å². The number of rotatable bonds is 2. The second-order valence-electron chi connectivity index (χ2n) is 4.58. The van der Waals surface area contributed by atoms with Gasteiger partial charge < -0.3 is 5.11 Å². The van der Waals surface area contributed by atoms with Gasteiger partial charge in [0.2, 0.25) is 0 Å². The molecule has 1 aromatic carbocycles. The molecule has 0 heterocycles. The van der Waals surface area contributed by atoms with Crippen LogP contribution in [0.2, 0.25) is 0 Å². The van der Waals surface area contributed by atoms with Gasteiger partial charge >= 0.3 is 5.97 Å². The first-order valence-corrected chi connectivity index (χ1v) is 5.85. The zero-order valence-corrected chi connectivity index (χ0v) is 9.85. The summed E-state index contributed by atoms with van der Waals surface area (Å²) in [6, 6.07) is 8.79. The lowest BCUT2D eigenvalue weighted by molar-refractivity contribution is -0.146. The summed E-state index contributed by atoms with van der Waals surface area (Å²) in [4.78, 5) is 22.9. The van der Waals surface area contributed by atoms with E-state index in [-0.39, 0.29) is 31.5 Å². The predicted molar refractivity (Wildman–Crippen MR) is 63.9 cm³/mol. The molecular weight excluding hydrogens is 230 g/mol. The van der Waals surface area contributed by atoms with E-state index in [0.717, 1.165) is 0 Å². The number of hydrogen-bond donors (Lipinski definition) is 1. The smallest absolute Gasteiger partial charge is 0.314 e. The fraction of sp³-hybridized carbons (Fsp3) is 0.357. The number of nitrogens with zero attached hydrogens (tertiary/aromatic N) is 1. The number of nitriles is 1.